The molecule has 1 aliphatic rings. The highest BCUT2D eigenvalue weighted by molar-refractivity contribution is 7.14. The van der Waals surface area contributed by atoms with Gasteiger partial charge in [0.1, 0.15) is 5.76 Å². The predicted octanol–water partition coefficient (Wildman–Crippen LogP) is 8.22. The molecule has 0 spiro atoms. The van der Waals surface area contributed by atoms with Crippen molar-refractivity contribution in [1.82, 2.24) is 9.36 Å². The van der Waals surface area contributed by atoms with Crippen molar-refractivity contribution >= 4 is 50.2 Å². The summed E-state index contributed by atoms with van der Waals surface area (Å²) in [6, 6.07) is 7.70. The monoisotopic (exact) mass is 499 g/mol. The van der Waals surface area contributed by atoms with Crippen LogP contribution in [0.25, 0.3) is 38.0 Å². The number of rotatable bonds is 5. The summed E-state index contributed by atoms with van der Waals surface area (Å²) in [4.78, 5) is 4.19. The summed E-state index contributed by atoms with van der Waals surface area (Å²) in [5, 5.41) is 18.9. The minimum absolute atomic E-state index is 0.269. The van der Waals surface area contributed by atoms with Crippen LogP contribution in [0.5, 0.6) is 0 Å². The third-order valence-corrected chi connectivity index (χ3v) is 8.19. The van der Waals surface area contributed by atoms with Crippen LogP contribution in [0.1, 0.15) is 70.4 Å². The van der Waals surface area contributed by atoms with Gasteiger partial charge >= 0.3 is 0 Å². The lowest BCUT2D eigenvalue weighted by atomic mass is 9.80. The molecule has 1 saturated carbocycles. The smallest absolute Gasteiger partial charge is 0.177 e. The number of anilines is 1. The van der Waals surface area contributed by atoms with Crippen LogP contribution in [-0.2, 0) is 0 Å². The van der Waals surface area contributed by atoms with E-state index in [1.807, 2.05) is 25.1 Å². The molecule has 0 amide bonds. The van der Waals surface area contributed by atoms with Gasteiger partial charge in [-0.3, -0.25) is 0 Å². The molecule has 0 bridgehead atoms. The van der Waals surface area contributed by atoms with Gasteiger partial charge in [-0.15, -0.1) is 0 Å². The van der Waals surface area contributed by atoms with Crippen molar-refractivity contribution in [3.63, 3.8) is 0 Å². The van der Waals surface area contributed by atoms with Gasteiger partial charge in [-0.25, -0.2) is 4.98 Å². The summed E-state index contributed by atoms with van der Waals surface area (Å²) >= 11 is 1.32. The van der Waals surface area contributed by atoms with E-state index in [1.165, 1.54) is 56.3 Å². The van der Waals surface area contributed by atoms with Gasteiger partial charge in [0.05, 0.1) is 21.9 Å². The van der Waals surface area contributed by atoms with Crippen LogP contribution < -0.4 is 5.73 Å². The molecule has 1 aromatic carbocycles. The molecule has 6 nitrogen and oxygen atoms in total. The predicted molar refractivity (Wildman–Crippen MR) is 150 cm³/mol. The first-order valence-corrected chi connectivity index (χ1v) is 13.4. The third kappa shape index (κ3) is 5.05. The lowest BCUT2D eigenvalue weighted by Gasteiger charge is -2.26. The first kappa shape index (κ1) is 25.6. The topological polar surface area (TPSA) is 113 Å². The highest BCUT2D eigenvalue weighted by Crippen LogP contribution is 2.40. The number of aromatic nitrogens is 2. The second-order valence-electron chi connectivity index (χ2n) is 9.43. The molecule has 0 radical (unpaired) electrons. The van der Waals surface area contributed by atoms with Crippen molar-refractivity contribution in [2.24, 2.45) is 11.8 Å². The van der Waals surface area contributed by atoms with Crippen LogP contribution in [0.15, 0.2) is 41.1 Å². The number of hydrogen-bond donors (Lipinski definition) is 2. The Bertz CT molecular complexity index is 1440. The van der Waals surface area contributed by atoms with E-state index in [9.17, 15) is 5.26 Å². The minimum atomic E-state index is 0.269. The van der Waals surface area contributed by atoms with Gasteiger partial charge in [-0.2, -0.15) is 9.64 Å². The largest absolute Gasteiger partial charge is 0.452 e. The van der Waals surface area contributed by atoms with E-state index < -0.39 is 0 Å². The molecule has 1 atom stereocenters. The van der Waals surface area contributed by atoms with E-state index in [1.54, 1.807) is 18.5 Å². The molecule has 36 heavy (non-hydrogen) atoms. The van der Waals surface area contributed by atoms with E-state index in [2.05, 4.69) is 29.3 Å². The first-order chi connectivity index (χ1) is 17.5. The maximum absolute atomic E-state index is 9.54. The Labute approximate surface area is 216 Å². The standard InChI is InChI=1S/C19H13N5OS.C10H20/c1-2-10(6-20)14-9-23-19(22)17-13(14)5-15(25-17)16-11(7-21)3-4-12-8-24-26-18(12)16;1-3-9(2)10-7-5-4-6-8-10/h2-6,8-9,20H,1H3,(H2,22,23);9-10H,3-8H2,1-2H3/b10-2+,20-6?;. The molecule has 3 N–H and O–H groups in total. The highest BCUT2D eigenvalue weighted by Gasteiger charge is 2.20. The summed E-state index contributed by atoms with van der Waals surface area (Å²) in [6.07, 6.45) is 15.4. The summed E-state index contributed by atoms with van der Waals surface area (Å²) in [5.41, 5.74) is 9.14. The summed E-state index contributed by atoms with van der Waals surface area (Å²) in [5.74, 6) is 2.86. The molecule has 1 fully saturated rings. The zero-order chi connectivity index (χ0) is 25.7. The van der Waals surface area contributed by atoms with Crippen molar-refractivity contribution in [1.29, 1.82) is 10.7 Å². The van der Waals surface area contributed by atoms with Gasteiger partial charge in [-0.05, 0) is 48.0 Å². The molecule has 0 aliphatic heterocycles. The molecule has 4 aromatic rings. The molecule has 1 aliphatic carbocycles. The number of furan rings is 1. The normalized spacial score (nSPS) is 15.3. The van der Waals surface area contributed by atoms with Crippen molar-refractivity contribution in [2.45, 2.75) is 59.3 Å². The van der Waals surface area contributed by atoms with Crippen molar-refractivity contribution in [3.8, 4) is 17.4 Å². The van der Waals surface area contributed by atoms with Crippen LogP contribution >= 0.6 is 11.5 Å². The van der Waals surface area contributed by atoms with Gasteiger partial charge in [0.2, 0.25) is 0 Å². The van der Waals surface area contributed by atoms with Gasteiger partial charge in [-0.1, -0.05) is 64.5 Å². The number of nitriles is 1. The Morgan fingerprint density at radius 1 is 1.31 bits per heavy atom. The fraction of sp³-hybridized carbons (Fsp3) is 0.379. The maximum atomic E-state index is 9.54. The molecule has 186 valence electrons. The fourth-order valence-corrected chi connectivity index (χ4v) is 5.82. The van der Waals surface area contributed by atoms with E-state index in [-0.39, 0.29) is 5.82 Å². The van der Waals surface area contributed by atoms with Gasteiger partial charge < -0.3 is 15.6 Å². The molecule has 7 heteroatoms. The number of fused-ring (bicyclic) bond motifs is 2. The lowest BCUT2D eigenvalue weighted by Crippen LogP contribution is -2.14. The number of hydrogen-bond acceptors (Lipinski definition) is 7. The SMILES string of the molecule is C/C=C(\C=N)c1cnc(N)c2oc(-c3c(C#N)ccc4cnsc34)cc12.CCC(C)C1CCCCC1. The quantitative estimate of drug-likeness (QED) is 0.269. The van der Waals surface area contributed by atoms with E-state index in [4.69, 9.17) is 15.6 Å². The van der Waals surface area contributed by atoms with E-state index in [0.717, 1.165) is 32.9 Å². The minimum Gasteiger partial charge on any atom is -0.452 e. The van der Waals surface area contributed by atoms with Crippen LogP contribution in [0, 0.1) is 28.6 Å². The summed E-state index contributed by atoms with van der Waals surface area (Å²) < 4.78 is 11.1. The van der Waals surface area contributed by atoms with Gasteiger partial charge in [0.15, 0.2) is 11.4 Å². The van der Waals surface area contributed by atoms with E-state index in [0.29, 0.717) is 28.0 Å². The number of nitrogens with one attached hydrogen (secondary N) is 1. The van der Waals surface area contributed by atoms with Crippen molar-refractivity contribution < 1.29 is 4.42 Å². The Kier molecular flexibility index (Phi) is 8.17. The second kappa shape index (κ2) is 11.5. The van der Waals surface area contributed by atoms with E-state index >= 15 is 0 Å². The number of nitrogens with zero attached hydrogens (tertiary/aromatic N) is 3. The number of allylic oxidation sites excluding steroid dienone is 2. The highest BCUT2D eigenvalue weighted by atomic mass is 32.1. The van der Waals surface area contributed by atoms with Crippen LogP contribution in [0.4, 0.5) is 5.82 Å². The molecule has 0 saturated heterocycles. The van der Waals surface area contributed by atoms with Gasteiger partial charge in [0.25, 0.3) is 0 Å². The molecular weight excluding hydrogens is 466 g/mol. The number of nitrogen functional groups attached to an aromatic ring is 1. The Morgan fingerprint density at radius 2 is 2.08 bits per heavy atom. The van der Waals surface area contributed by atoms with Crippen molar-refractivity contribution in [3.05, 3.63) is 47.8 Å². The second-order valence-corrected chi connectivity index (χ2v) is 10.2. The molecule has 5 rings (SSSR count). The maximum Gasteiger partial charge on any atom is 0.177 e. The molecule has 3 aromatic heterocycles. The number of pyridine rings is 1. The number of benzene rings is 1. The summed E-state index contributed by atoms with van der Waals surface area (Å²) in [7, 11) is 0. The van der Waals surface area contributed by atoms with Crippen LogP contribution in [-0.4, -0.2) is 15.6 Å². The Hall–Kier alpha value is -3.50. The zero-order valence-electron chi connectivity index (χ0n) is 21.2. The van der Waals surface area contributed by atoms with Crippen LogP contribution in [0.2, 0.25) is 0 Å². The Morgan fingerprint density at radius 3 is 2.75 bits per heavy atom. The molecule has 1 unspecified atom stereocenters. The Balaban J connectivity index is 0.000000256. The molecular formula is C29H33N5OS. The third-order valence-electron chi connectivity index (χ3n) is 7.35. The fourth-order valence-electron chi connectivity index (χ4n) is 5.02. The lowest BCUT2D eigenvalue weighted by molar-refractivity contribution is 0.258. The summed E-state index contributed by atoms with van der Waals surface area (Å²) in [6.45, 7) is 6.59. The average molecular weight is 500 g/mol. The molecule has 3 heterocycles. The van der Waals surface area contributed by atoms with Crippen LogP contribution in [0.3, 0.4) is 0 Å². The number of nitrogens with two attached hydrogens (primary N) is 1. The van der Waals surface area contributed by atoms with Gasteiger partial charge in [0, 0.05) is 34.9 Å². The first-order valence-electron chi connectivity index (χ1n) is 12.6. The zero-order valence-corrected chi connectivity index (χ0v) is 22.0. The van der Waals surface area contributed by atoms with Crippen molar-refractivity contribution in [2.75, 3.05) is 5.73 Å². The average Bonchev–Trinajstić information content (AvgIpc) is 3.58.